The monoisotopic (exact) mass is 288 g/mol. The van der Waals surface area contributed by atoms with Crippen LogP contribution in [0.1, 0.15) is 51.2 Å². The summed E-state index contributed by atoms with van der Waals surface area (Å²) in [4.78, 5) is 0. The van der Waals surface area contributed by atoms with Crippen LogP contribution in [0.2, 0.25) is 0 Å². The molecular formula is C17H21FN2O. The third kappa shape index (κ3) is 2.43. The van der Waals surface area contributed by atoms with E-state index in [1.165, 1.54) is 12.5 Å². The van der Waals surface area contributed by atoms with E-state index < -0.39 is 0 Å². The fourth-order valence-electron chi connectivity index (χ4n) is 3.47. The highest BCUT2D eigenvalue weighted by Gasteiger charge is 2.38. The van der Waals surface area contributed by atoms with Crippen molar-refractivity contribution in [2.45, 2.75) is 45.4 Å². The molecule has 1 heterocycles. The summed E-state index contributed by atoms with van der Waals surface area (Å²) >= 11 is 0. The maximum atomic E-state index is 14.1. The van der Waals surface area contributed by atoms with E-state index in [-0.39, 0.29) is 23.0 Å². The van der Waals surface area contributed by atoms with E-state index in [2.05, 4.69) is 19.0 Å². The fourth-order valence-corrected chi connectivity index (χ4v) is 3.47. The summed E-state index contributed by atoms with van der Waals surface area (Å²) in [6.07, 6.45) is 4.55. The van der Waals surface area contributed by atoms with Gasteiger partial charge in [-0.25, -0.2) is 4.39 Å². The Kier molecular flexibility index (Phi) is 3.47. The lowest BCUT2D eigenvalue weighted by Gasteiger charge is -2.37. The number of aromatic nitrogens is 1. The Morgan fingerprint density at radius 1 is 1.29 bits per heavy atom. The molecule has 1 unspecified atom stereocenters. The Morgan fingerprint density at radius 2 is 2.05 bits per heavy atom. The molecule has 21 heavy (non-hydrogen) atoms. The Labute approximate surface area is 124 Å². The van der Waals surface area contributed by atoms with Crippen molar-refractivity contribution in [3.05, 3.63) is 35.8 Å². The van der Waals surface area contributed by atoms with Crippen LogP contribution in [-0.4, -0.2) is 5.16 Å². The van der Waals surface area contributed by atoms with Gasteiger partial charge in [0.05, 0.1) is 5.56 Å². The number of nitrogens with zero attached hydrogens (tertiary/aromatic N) is 1. The van der Waals surface area contributed by atoms with Crippen molar-refractivity contribution < 1.29 is 8.91 Å². The maximum Gasteiger partial charge on any atom is 0.175 e. The summed E-state index contributed by atoms with van der Waals surface area (Å²) in [5.74, 6) is 0.951. The molecule has 0 saturated heterocycles. The number of benzene rings is 1. The van der Waals surface area contributed by atoms with Gasteiger partial charge in [0, 0.05) is 11.5 Å². The zero-order valence-electron chi connectivity index (χ0n) is 12.5. The van der Waals surface area contributed by atoms with Gasteiger partial charge in [-0.2, -0.15) is 0 Å². The predicted molar refractivity (Wildman–Crippen MR) is 81.3 cm³/mol. The number of nitrogens with two attached hydrogens (primary N) is 1. The van der Waals surface area contributed by atoms with Crippen LogP contribution < -0.4 is 5.73 Å². The highest BCUT2D eigenvalue weighted by Crippen LogP contribution is 2.50. The number of halogens is 1. The zero-order valence-corrected chi connectivity index (χ0v) is 12.5. The van der Waals surface area contributed by atoms with Gasteiger partial charge < -0.3 is 10.3 Å². The first-order valence-electron chi connectivity index (χ1n) is 7.50. The Morgan fingerprint density at radius 3 is 2.76 bits per heavy atom. The summed E-state index contributed by atoms with van der Waals surface area (Å²) in [6.45, 7) is 4.47. The molecule has 112 valence electrons. The fraction of sp³-hybridized carbons (Fsp3) is 0.471. The first kappa shape index (κ1) is 14.1. The SMILES string of the molecule is CC1(C)CCCCC1c1onc(N)c1-c1ccccc1F. The van der Waals surface area contributed by atoms with Crippen LogP contribution in [0.4, 0.5) is 10.2 Å². The van der Waals surface area contributed by atoms with Gasteiger partial charge in [-0.1, -0.05) is 50.0 Å². The van der Waals surface area contributed by atoms with Crippen LogP contribution in [0.25, 0.3) is 11.1 Å². The standard InChI is InChI=1S/C17H21FN2O/c1-17(2)10-6-5-8-12(17)15-14(16(19)20-21-15)11-7-3-4-9-13(11)18/h3-4,7,9,12H,5-6,8,10H2,1-2H3,(H2,19,20). The van der Waals surface area contributed by atoms with Gasteiger partial charge in [0.2, 0.25) is 0 Å². The highest BCUT2D eigenvalue weighted by atomic mass is 19.1. The Balaban J connectivity index is 2.11. The van der Waals surface area contributed by atoms with E-state index in [1.54, 1.807) is 18.2 Å². The van der Waals surface area contributed by atoms with Crippen LogP contribution in [0.5, 0.6) is 0 Å². The molecule has 2 N–H and O–H groups in total. The number of nitrogen functional groups attached to an aromatic ring is 1. The maximum absolute atomic E-state index is 14.1. The van der Waals surface area contributed by atoms with Crippen molar-refractivity contribution in [3.63, 3.8) is 0 Å². The van der Waals surface area contributed by atoms with E-state index in [0.29, 0.717) is 11.1 Å². The van der Waals surface area contributed by atoms with E-state index in [1.807, 2.05) is 0 Å². The number of hydrogen-bond acceptors (Lipinski definition) is 3. The van der Waals surface area contributed by atoms with E-state index >= 15 is 0 Å². The summed E-state index contributed by atoms with van der Waals surface area (Å²) in [7, 11) is 0. The molecule has 1 aromatic carbocycles. The van der Waals surface area contributed by atoms with Crippen LogP contribution in [0, 0.1) is 11.2 Å². The Bertz CT molecular complexity index is 648. The molecule has 0 radical (unpaired) electrons. The number of anilines is 1. The van der Waals surface area contributed by atoms with E-state index in [0.717, 1.165) is 25.0 Å². The second kappa shape index (κ2) is 5.17. The molecule has 3 rings (SSSR count). The first-order valence-corrected chi connectivity index (χ1v) is 7.50. The first-order chi connectivity index (χ1) is 10.0. The van der Waals surface area contributed by atoms with Crippen molar-refractivity contribution in [3.8, 4) is 11.1 Å². The van der Waals surface area contributed by atoms with Gasteiger partial charge >= 0.3 is 0 Å². The third-order valence-corrected chi connectivity index (χ3v) is 4.71. The molecule has 0 spiro atoms. The van der Waals surface area contributed by atoms with Crippen molar-refractivity contribution in [1.82, 2.24) is 5.16 Å². The van der Waals surface area contributed by atoms with Crippen LogP contribution in [0.3, 0.4) is 0 Å². The normalized spacial score (nSPS) is 21.4. The molecule has 1 aliphatic carbocycles. The summed E-state index contributed by atoms with van der Waals surface area (Å²) in [6, 6.07) is 6.66. The van der Waals surface area contributed by atoms with Crippen molar-refractivity contribution >= 4 is 5.82 Å². The molecule has 4 heteroatoms. The van der Waals surface area contributed by atoms with Gasteiger partial charge in [0.1, 0.15) is 5.82 Å². The van der Waals surface area contributed by atoms with E-state index in [4.69, 9.17) is 10.3 Å². The van der Waals surface area contributed by atoms with Crippen LogP contribution in [-0.2, 0) is 0 Å². The lowest BCUT2D eigenvalue weighted by atomic mass is 9.67. The average molecular weight is 288 g/mol. The van der Waals surface area contributed by atoms with Gasteiger partial charge in [-0.3, -0.25) is 0 Å². The van der Waals surface area contributed by atoms with Gasteiger partial charge in [0.15, 0.2) is 11.6 Å². The summed E-state index contributed by atoms with van der Waals surface area (Å²) in [5.41, 5.74) is 7.19. The number of hydrogen-bond donors (Lipinski definition) is 1. The van der Waals surface area contributed by atoms with Crippen molar-refractivity contribution in [1.29, 1.82) is 0 Å². The van der Waals surface area contributed by atoms with Crippen molar-refractivity contribution in [2.75, 3.05) is 5.73 Å². The number of rotatable bonds is 2. The minimum absolute atomic E-state index is 0.115. The molecule has 0 aliphatic heterocycles. The molecule has 0 amide bonds. The summed E-state index contributed by atoms with van der Waals surface area (Å²) < 4.78 is 19.7. The largest absolute Gasteiger partial charge is 0.380 e. The molecular weight excluding hydrogens is 267 g/mol. The quantitative estimate of drug-likeness (QED) is 0.867. The zero-order chi connectivity index (χ0) is 15.0. The molecule has 3 nitrogen and oxygen atoms in total. The molecule has 1 aromatic heterocycles. The van der Waals surface area contributed by atoms with Crippen molar-refractivity contribution in [2.24, 2.45) is 5.41 Å². The third-order valence-electron chi connectivity index (χ3n) is 4.71. The smallest absolute Gasteiger partial charge is 0.175 e. The second-order valence-electron chi connectivity index (χ2n) is 6.57. The topological polar surface area (TPSA) is 52.0 Å². The Hall–Kier alpha value is -1.84. The molecule has 2 aromatic rings. The molecule has 1 aliphatic rings. The summed E-state index contributed by atoms with van der Waals surface area (Å²) in [5, 5.41) is 3.91. The molecule has 1 saturated carbocycles. The lowest BCUT2D eigenvalue weighted by molar-refractivity contribution is 0.169. The minimum atomic E-state index is -0.290. The van der Waals surface area contributed by atoms with Gasteiger partial charge in [-0.05, 0) is 24.3 Å². The van der Waals surface area contributed by atoms with Gasteiger partial charge in [-0.15, -0.1) is 0 Å². The lowest BCUT2D eigenvalue weighted by Crippen LogP contribution is -2.26. The van der Waals surface area contributed by atoms with Crippen LogP contribution in [0.15, 0.2) is 28.8 Å². The molecule has 0 bridgehead atoms. The molecule has 1 fully saturated rings. The molecule has 1 atom stereocenters. The predicted octanol–water partition coefficient (Wildman–Crippen LogP) is 4.75. The average Bonchev–Trinajstić information content (AvgIpc) is 2.80. The van der Waals surface area contributed by atoms with E-state index in [9.17, 15) is 4.39 Å². The van der Waals surface area contributed by atoms with Gasteiger partial charge in [0.25, 0.3) is 0 Å². The van der Waals surface area contributed by atoms with Crippen LogP contribution >= 0.6 is 0 Å². The second-order valence-corrected chi connectivity index (χ2v) is 6.57. The minimum Gasteiger partial charge on any atom is -0.380 e. The highest BCUT2D eigenvalue weighted by molar-refractivity contribution is 5.76.